The van der Waals surface area contributed by atoms with Gasteiger partial charge in [0.2, 0.25) is 0 Å². The molecule has 0 spiro atoms. The first-order valence-electron chi connectivity index (χ1n) is 6.39. The van der Waals surface area contributed by atoms with E-state index in [1.165, 1.54) is 11.1 Å². The van der Waals surface area contributed by atoms with Gasteiger partial charge in [-0.25, -0.2) is 0 Å². The van der Waals surface area contributed by atoms with Crippen molar-refractivity contribution in [1.29, 1.82) is 0 Å². The first-order chi connectivity index (χ1) is 8.72. The van der Waals surface area contributed by atoms with Gasteiger partial charge in [-0.15, -0.1) is 0 Å². The van der Waals surface area contributed by atoms with Crippen LogP contribution in [-0.2, 0) is 5.75 Å². The van der Waals surface area contributed by atoms with Crippen LogP contribution in [0.15, 0.2) is 29.3 Å². The molecule has 3 nitrogen and oxygen atoms in total. The Labute approximate surface area is 114 Å². The van der Waals surface area contributed by atoms with Crippen molar-refractivity contribution in [2.75, 3.05) is 18.8 Å². The normalized spacial score (nSPS) is 11.6. The summed E-state index contributed by atoms with van der Waals surface area (Å²) in [5.41, 5.74) is 8.38. The molecule has 1 aromatic carbocycles. The van der Waals surface area contributed by atoms with Gasteiger partial charge in [0.15, 0.2) is 5.96 Å². The van der Waals surface area contributed by atoms with Crippen molar-refractivity contribution in [3.8, 4) is 0 Å². The van der Waals surface area contributed by atoms with Crippen LogP contribution >= 0.6 is 11.8 Å². The molecule has 0 amide bonds. The van der Waals surface area contributed by atoms with Crippen LogP contribution in [0, 0.1) is 6.92 Å². The van der Waals surface area contributed by atoms with Crippen molar-refractivity contribution in [1.82, 2.24) is 5.32 Å². The zero-order valence-electron chi connectivity index (χ0n) is 11.3. The minimum Gasteiger partial charge on any atom is -0.370 e. The van der Waals surface area contributed by atoms with Crippen molar-refractivity contribution >= 4 is 17.7 Å². The average Bonchev–Trinajstić information content (AvgIpc) is 2.38. The number of hydrogen-bond acceptors (Lipinski definition) is 2. The Kier molecular flexibility index (Phi) is 7.34. The Morgan fingerprint density at radius 1 is 1.33 bits per heavy atom. The molecule has 4 heteroatoms. The summed E-state index contributed by atoms with van der Waals surface area (Å²) >= 11 is 1.90. The number of nitrogens with one attached hydrogen (secondary N) is 1. The summed E-state index contributed by atoms with van der Waals surface area (Å²) in [4.78, 5) is 4.18. The molecule has 0 fully saturated rings. The smallest absolute Gasteiger partial charge is 0.188 e. The van der Waals surface area contributed by atoms with Crippen LogP contribution in [0.4, 0.5) is 0 Å². The standard InChI is InChI=1S/C14H23N3S/c1-3-8-16-14(15)17-9-10-18-11-13-6-4-12(2)5-7-13/h4-7H,3,8-11H2,1-2H3,(H3,15,16,17). The van der Waals surface area contributed by atoms with Gasteiger partial charge in [0, 0.05) is 24.6 Å². The van der Waals surface area contributed by atoms with E-state index in [2.05, 4.69) is 48.4 Å². The third-order valence-electron chi connectivity index (χ3n) is 2.45. The number of thioether (sulfide) groups is 1. The maximum Gasteiger partial charge on any atom is 0.188 e. The van der Waals surface area contributed by atoms with Crippen LogP contribution in [0.3, 0.4) is 0 Å². The molecule has 18 heavy (non-hydrogen) atoms. The van der Waals surface area contributed by atoms with Gasteiger partial charge in [-0.2, -0.15) is 11.8 Å². The predicted molar refractivity (Wildman–Crippen MR) is 82.1 cm³/mol. The van der Waals surface area contributed by atoms with Crippen LogP contribution in [0.25, 0.3) is 0 Å². The van der Waals surface area contributed by atoms with Crippen molar-refractivity contribution in [3.63, 3.8) is 0 Å². The molecule has 0 aliphatic carbocycles. The van der Waals surface area contributed by atoms with E-state index in [4.69, 9.17) is 5.73 Å². The monoisotopic (exact) mass is 265 g/mol. The molecule has 0 radical (unpaired) electrons. The molecule has 0 saturated heterocycles. The first kappa shape index (κ1) is 14.9. The number of benzene rings is 1. The second kappa shape index (κ2) is 8.86. The fourth-order valence-electron chi connectivity index (χ4n) is 1.41. The first-order valence-corrected chi connectivity index (χ1v) is 7.55. The highest BCUT2D eigenvalue weighted by atomic mass is 32.2. The Morgan fingerprint density at radius 2 is 2.06 bits per heavy atom. The predicted octanol–water partition coefficient (Wildman–Crippen LogP) is 2.54. The fourth-order valence-corrected chi connectivity index (χ4v) is 2.23. The highest BCUT2D eigenvalue weighted by molar-refractivity contribution is 7.98. The van der Waals surface area contributed by atoms with Crippen molar-refractivity contribution in [3.05, 3.63) is 35.4 Å². The molecule has 0 bridgehead atoms. The zero-order valence-corrected chi connectivity index (χ0v) is 12.1. The molecule has 100 valence electrons. The highest BCUT2D eigenvalue weighted by Crippen LogP contribution is 2.12. The lowest BCUT2D eigenvalue weighted by atomic mass is 10.2. The van der Waals surface area contributed by atoms with Gasteiger partial charge in [-0.05, 0) is 18.9 Å². The van der Waals surface area contributed by atoms with Crippen molar-refractivity contribution < 1.29 is 0 Å². The number of aliphatic imine (C=N–C) groups is 1. The zero-order chi connectivity index (χ0) is 13.2. The summed E-state index contributed by atoms with van der Waals surface area (Å²) in [7, 11) is 0. The number of rotatable bonds is 7. The van der Waals surface area contributed by atoms with E-state index >= 15 is 0 Å². The molecule has 0 aliphatic rings. The van der Waals surface area contributed by atoms with Crippen LogP contribution in [-0.4, -0.2) is 24.8 Å². The summed E-state index contributed by atoms with van der Waals surface area (Å²) in [5.74, 6) is 2.65. The Morgan fingerprint density at radius 3 is 2.72 bits per heavy atom. The second-order valence-corrected chi connectivity index (χ2v) is 5.34. The van der Waals surface area contributed by atoms with Gasteiger partial charge in [0.25, 0.3) is 0 Å². The topological polar surface area (TPSA) is 50.4 Å². The van der Waals surface area contributed by atoms with Gasteiger partial charge in [-0.3, -0.25) is 4.99 Å². The lowest BCUT2D eigenvalue weighted by Gasteiger charge is -2.05. The molecule has 3 N–H and O–H groups in total. The van der Waals surface area contributed by atoms with E-state index in [1.807, 2.05) is 11.8 Å². The van der Waals surface area contributed by atoms with E-state index in [0.717, 1.165) is 31.0 Å². The van der Waals surface area contributed by atoms with Gasteiger partial charge in [0.1, 0.15) is 0 Å². The molecular formula is C14H23N3S. The highest BCUT2D eigenvalue weighted by Gasteiger charge is 1.94. The van der Waals surface area contributed by atoms with Gasteiger partial charge < -0.3 is 11.1 Å². The summed E-state index contributed by atoms with van der Waals surface area (Å²) in [5, 5.41) is 3.12. The molecule has 0 aliphatic heterocycles. The SMILES string of the molecule is CCCN=C(N)NCCSCc1ccc(C)cc1. The Hall–Kier alpha value is -1.16. The number of guanidine groups is 1. The summed E-state index contributed by atoms with van der Waals surface area (Å²) in [6.45, 7) is 5.87. The molecule has 1 aromatic rings. The molecule has 0 atom stereocenters. The van der Waals surface area contributed by atoms with Crippen LogP contribution < -0.4 is 11.1 Å². The molecule has 1 rings (SSSR count). The van der Waals surface area contributed by atoms with Gasteiger partial charge in [-0.1, -0.05) is 36.8 Å². The average molecular weight is 265 g/mol. The van der Waals surface area contributed by atoms with Crippen molar-refractivity contribution in [2.45, 2.75) is 26.0 Å². The van der Waals surface area contributed by atoms with Gasteiger partial charge in [0.05, 0.1) is 0 Å². The number of hydrogen-bond donors (Lipinski definition) is 2. The van der Waals surface area contributed by atoms with Crippen LogP contribution in [0.1, 0.15) is 24.5 Å². The molecule has 0 saturated carbocycles. The second-order valence-electron chi connectivity index (χ2n) is 4.23. The van der Waals surface area contributed by atoms with Gasteiger partial charge >= 0.3 is 0 Å². The lowest BCUT2D eigenvalue weighted by Crippen LogP contribution is -2.33. The van der Waals surface area contributed by atoms with E-state index in [1.54, 1.807) is 0 Å². The van der Waals surface area contributed by atoms with E-state index in [0.29, 0.717) is 5.96 Å². The Balaban J connectivity index is 2.10. The van der Waals surface area contributed by atoms with E-state index in [9.17, 15) is 0 Å². The number of nitrogens with two attached hydrogens (primary N) is 1. The fraction of sp³-hybridized carbons (Fsp3) is 0.500. The largest absolute Gasteiger partial charge is 0.370 e. The summed E-state index contributed by atoms with van der Waals surface area (Å²) < 4.78 is 0. The molecule has 0 heterocycles. The van der Waals surface area contributed by atoms with Crippen LogP contribution in [0.2, 0.25) is 0 Å². The molecule has 0 unspecified atom stereocenters. The van der Waals surface area contributed by atoms with E-state index < -0.39 is 0 Å². The lowest BCUT2D eigenvalue weighted by molar-refractivity contribution is 0.892. The minimum absolute atomic E-state index is 0.563. The number of aryl methyl sites for hydroxylation is 1. The Bertz CT molecular complexity index is 360. The van der Waals surface area contributed by atoms with Crippen LogP contribution in [0.5, 0.6) is 0 Å². The maximum atomic E-state index is 5.70. The number of nitrogens with zero attached hydrogens (tertiary/aromatic N) is 1. The minimum atomic E-state index is 0.563. The maximum absolute atomic E-state index is 5.70. The summed E-state index contributed by atoms with van der Waals surface area (Å²) in [6, 6.07) is 8.69. The third-order valence-corrected chi connectivity index (χ3v) is 3.48. The van der Waals surface area contributed by atoms with E-state index in [-0.39, 0.29) is 0 Å². The van der Waals surface area contributed by atoms with Crippen molar-refractivity contribution in [2.24, 2.45) is 10.7 Å². The summed E-state index contributed by atoms with van der Waals surface area (Å²) in [6.07, 6.45) is 1.03. The molecular weight excluding hydrogens is 242 g/mol. The molecule has 0 aromatic heterocycles. The third kappa shape index (κ3) is 6.55. The quantitative estimate of drug-likeness (QED) is 0.452.